The molecule has 1 N–H and O–H groups in total. The van der Waals surface area contributed by atoms with Crippen LogP contribution in [0.2, 0.25) is 5.02 Å². The first-order valence-corrected chi connectivity index (χ1v) is 7.49. The lowest BCUT2D eigenvalue weighted by Crippen LogP contribution is -2.37. The molecule has 1 saturated heterocycles. The summed E-state index contributed by atoms with van der Waals surface area (Å²) in [7, 11) is 0. The van der Waals surface area contributed by atoms with Crippen molar-refractivity contribution in [1.29, 1.82) is 0 Å². The Morgan fingerprint density at radius 1 is 1.30 bits per heavy atom. The molecule has 1 aliphatic rings. The van der Waals surface area contributed by atoms with Gasteiger partial charge in [0.1, 0.15) is 6.54 Å². The lowest BCUT2D eigenvalue weighted by Gasteiger charge is -2.18. The van der Waals surface area contributed by atoms with Crippen molar-refractivity contribution >= 4 is 23.4 Å². The second kappa shape index (κ2) is 7.21. The predicted octanol–water partition coefficient (Wildman–Crippen LogP) is 2.41. The van der Waals surface area contributed by atoms with Crippen LogP contribution in [-0.2, 0) is 16.0 Å². The van der Waals surface area contributed by atoms with Crippen molar-refractivity contribution in [3.8, 4) is 0 Å². The summed E-state index contributed by atoms with van der Waals surface area (Å²) in [5, 5.41) is 3.28. The third-order valence-electron chi connectivity index (χ3n) is 3.58. The van der Waals surface area contributed by atoms with E-state index in [1.54, 1.807) is 12.1 Å². The molecule has 1 aromatic rings. The van der Waals surface area contributed by atoms with E-state index in [9.17, 15) is 22.8 Å². The van der Waals surface area contributed by atoms with Crippen LogP contribution in [0.1, 0.15) is 12.0 Å². The van der Waals surface area contributed by atoms with Crippen molar-refractivity contribution in [1.82, 2.24) is 10.2 Å². The lowest BCUT2D eigenvalue weighted by molar-refractivity contribution is -0.157. The average molecular weight is 349 g/mol. The summed E-state index contributed by atoms with van der Waals surface area (Å²) >= 11 is 5.77. The Morgan fingerprint density at radius 3 is 2.57 bits per heavy atom. The van der Waals surface area contributed by atoms with Gasteiger partial charge >= 0.3 is 6.18 Å². The van der Waals surface area contributed by atoms with Crippen LogP contribution in [0.5, 0.6) is 0 Å². The van der Waals surface area contributed by atoms with E-state index in [1.807, 2.05) is 12.1 Å². The maximum Gasteiger partial charge on any atom is 0.406 e. The number of carbonyl (C=O) groups is 2. The largest absolute Gasteiger partial charge is 0.406 e. The Bertz CT molecular complexity index is 575. The summed E-state index contributed by atoms with van der Waals surface area (Å²) in [4.78, 5) is 24.2. The number of amides is 2. The Kier molecular flexibility index (Phi) is 5.51. The number of carbonyl (C=O) groups excluding carboxylic acids is 2. The number of hydrogen-bond donors (Lipinski definition) is 1. The zero-order valence-corrected chi connectivity index (χ0v) is 13.0. The van der Waals surface area contributed by atoms with Gasteiger partial charge in [-0.2, -0.15) is 13.2 Å². The maximum atomic E-state index is 12.3. The molecule has 1 fully saturated rings. The lowest BCUT2D eigenvalue weighted by atomic mass is 10.1. The van der Waals surface area contributed by atoms with Crippen molar-refractivity contribution in [2.75, 3.05) is 19.6 Å². The molecule has 2 rings (SSSR count). The first-order chi connectivity index (χ1) is 10.7. The number of alkyl halides is 3. The Morgan fingerprint density at radius 2 is 1.96 bits per heavy atom. The summed E-state index contributed by atoms with van der Waals surface area (Å²) < 4.78 is 37.0. The zero-order chi connectivity index (χ0) is 17.0. The highest BCUT2D eigenvalue weighted by Gasteiger charge is 2.40. The fourth-order valence-corrected chi connectivity index (χ4v) is 2.57. The second-order valence-corrected chi connectivity index (χ2v) is 5.89. The van der Waals surface area contributed by atoms with Crippen LogP contribution in [0.25, 0.3) is 0 Å². The third kappa shape index (κ3) is 5.42. The monoisotopic (exact) mass is 348 g/mol. The molecule has 0 saturated carbocycles. The first kappa shape index (κ1) is 17.6. The van der Waals surface area contributed by atoms with Crippen molar-refractivity contribution < 1.29 is 22.8 Å². The minimum Gasteiger partial charge on any atom is -0.355 e. The smallest absolute Gasteiger partial charge is 0.355 e. The van der Waals surface area contributed by atoms with Gasteiger partial charge in [-0.25, -0.2) is 0 Å². The van der Waals surface area contributed by atoms with Crippen molar-refractivity contribution in [2.45, 2.75) is 19.0 Å². The summed E-state index contributed by atoms with van der Waals surface area (Å²) in [5.74, 6) is -1.76. The molecule has 0 radical (unpaired) electrons. The molecule has 0 spiro atoms. The van der Waals surface area contributed by atoms with E-state index in [0.29, 0.717) is 22.9 Å². The average Bonchev–Trinajstić information content (AvgIpc) is 2.80. The van der Waals surface area contributed by atoms with Crippen LogP contribution < -0.4 is 5.32 Å². The number of nitrogens with zero attached hydrogens (tertiary/aromatic N) is 1. The molecular weight excluding hydrogens is 333 g/mol. The third-order valence-corrected chi connectivity index (χ3v) is 3.83. The summed E-state index contributed by atoms with van der Waals surface area (Å²) in [6, 6.07) is 7.14. The van der Waals surface area contributed by atoms with Gasteiger partial charge in [0.05, 0.1) is 5.92 Å². The van der Waals surface area contributed by atoms with E-state index in [1.165, 1.54) is 0 Å². The summed E-state index contributed by atoms with van der Waals surface area (Å²) in [6.45, 7) is -1.14. The van der Waals surface area contributed by atoms with Crippen molar-refractivity contribution in [3.63, 3.8) is 0 Å². The quantitative estimate of drug-likeness (QED) is 0.888. The summed E-state index contributed by atoms with van der Waals surface area (Å²) in [5.41, 5.74) is 0.982. The highest BCUT2D eigenvalue weighted by atomic mass is 35.5. The van der Waals surface area contributed by atoms with Gasteiger partial charge < -0.3 is 10.2 Å². The van der Waals surface area contributed by atoms with Gasteiger partial charge in [0, 0.05) is 24.5 Å². The molecule has 0 unspecified atom stereocenters. The molecule has 1 aromatic carbocycles. The fourth-order valence-electron chi connectivity index (χ4n) is 2.44. The minimum atomic E-state index is -4.45. The standard InChI is InChI=1S/C15H16ClF3N2O2/c16-12-3-1-10(2-4-12)5-6-20-14(23)11-7-13(22)21(8-11)9-15(17,18)19/h1-4,11H,5-9H2,(H,20,23)/t11-/m0/s1. The molecule has 0 bridgehead atoms. The van der Waals surface area contributed by atoms with Gasteiger partial charge in [0.15, 0.2) is 0 Å². The topological polar surface area (TPSA) is 49.4 Å². The molecule has 1 atom stereocenters. The van der Waals surface area contributed by atoms with Gasteiger partial charge in [0.25, 0.3) is 0 Å². The maximum absolute atomic E-state index is 12.3. The molecular formula is C15H16ClF3N2O2. The molecule has 126 valence electrons. The van der Waals surface area contributed by atoms with E-state index in [-0.39, 0.29) is 13.0 Å². The van der Waals surface area contributed by atoms with E-state index in [4.69, 9.17) is 11.6 Å². The Hall–Kier alpha value is -1.76. The van der Waals surface area contributed by atoms with Gasteiger partial charge in [-0.3, -0.25) is 9.59 Å². The van der Waals surface area contributed by atoms with Crippen molar-refractivity contribution in [2.24, 2.45) is 5.92 Å². The Labute approximate surface area is 136 Å². The molecule has 8 heteroatoms. The van der Waals surface area contributed by atoms with Gasteiger partial charge in [-0.05, 0) is 24.1 Å². The van der Waals surface area contributed by atoms with E-state index >= 15 is 0 Å². The Balaban J connectivity index is 1.78. The van der Waals surface area contributed by atoms with E-state index in [2.05, 4.69) is 5.32 Å². The van der Waals surface area contributed by atoms with Crippen LogP contribution in [-0.4, -0.2) is 42.5 Å². The van der Waals surface area contributed by atoms with Crippen LogP contribution in [0.4, 0.5) is 13.2 Å². The molecule has 0 aromatic heterocycles. The van der Waals surface area contributed by atoms with Gasteiger partial charge in [-0.1, -0.05) is 23.7 Å². The SMILES string of the molecule is O=C(NCCc1ccc(Cl)cc1)[C@H]1CC(=O)N(CC(F)(F)F)C1. The normalized spacial score (nSPS) is 18.3. The second-order valence-electron chi connectivity index (χ2n) is 5.46. The molecule has 2 amide bonds. The summed E-state index contributed by atoms with van der Waals surface area (Å²) in [6.07, 6.45) is -4.05. The zero-order valence-electron chi connectivity index (χ0n) is 12.2. The van der Waals surface area contributed by atoms with Crippen LogP contribution in [0.3, 0.4) is 0 Å². The number of likely N-dealkylation sites (tertiary alicyclic amines) is 1. The van der Waals surface area contributed by atoms with Crippen LogP contribution >= 0.6 is 11.6 Å². The highest BCUT2D eigenvalue weighted by molar-refractivity contribution is 6.30. The number of rotatable bonds is 5. The van der Waals surface area contributed by atoms with Crippen molar-refractivity contribution in [3.05, 3.63) is 34.9 Å². The van der Waals surface area contributed by atoms with E-state index < -0.39 is 30.5 Å². The molecule has 0 aliphatic carbocycles. The number of halogens is 4. The molecule has 4 nitrogen and oxygen atoms in total. The number of hydrogen-bond acceptors (Lipinski definition) is 2. The number of nitrogens with one attached hydrogen (secondary N) is 1. The molecule has 1 heterocycles. The fraction of sp³-hybridized carbons (Fsp3) is 0.467. The van der Waals surface area contributed by atoms with Crippen LogP contribution in [0, 0.1) is 5.92 Å². The minimum absolute atomic E-state index is 0.178. The number of benzene rings is 1. The highest BCUT2D eigenvalue weighted by Crippen LogP contribution is 2.23. The van der Waals surface area contributed by atoms with Gasteiger partial charge in [-0.15, -0.1) is 0 Å². The van der Waals surface area contributed by atoms with Crippen LogP contribution in [0.15, 0.2) is 24.3 Å². The predicted molar refractivity (Wildman–Crippen MR) is 78.9 cm³/mol. The van der Waals surface area contributed by atoms with Gasteiger partial charge in [0.2, 0.25) is 11.8 Å². The van der Waals surface area contributed by atoms with E-state index in [0.717, 1.165) is 5.56 Å². The molecule has 23 heavy (non-hydrogen) atoms. The first-order valence-electron chi connectivity index (χ1n) is 7.11. The molecule has 1 aliphatic heterocycles.